The van der Waals surface area contributed by atoms with Gasteiger partial charge in [0.1, 0.15) is 18.5 Å². The number of carbonyl (C=O) groups is 1. The summed E-state index contributed by atoms with van der Waals surface area (Å²) in [5.74, 6) is 0.640. The van der Waals surface area contributed by atoms with E-state index in [1.165, 1.54) is 16.3 Å². The number of amides is 1. The van der Waals surface area contributed by atoms with Crippen molar-refractivity contribution in [3.05, 3.63) is 60.4 Å². The second-order valence-electron chi connectivity index (χ2n) is 7.21. The van der Waals surface area contributed by atoms with Crippen molar-refractivity contribution in [1.29, 1.82) is 0 Å². The maximum absolute atomic E-state index is 11.5. The van der Waals surface area contributed by atoms with Crippen molar-refractivity contribution in [1.82, 2.24) is 9.88 Å². The number of aromatic nitrogens is 1. The first kappa shape index (κ1) is 18.4. The van der Waals surface area contributed by atoms with Crippen LogP contribution in [0, 0.1) is 6.92 Å². The SMILES string of the molecule is Cc1nccc2cc(-c3ccc(OC4CCN(C(=O)CO)CC4)cc3)ccc12. The number of fused-ring (bicyclic) bond motifs is 1. The van der Waals surface area contributed by atoms with Gasteiger partial charge in [0.15, 0.2) is 0 Å². The number of aliphatic hydroxyl groups excluding tert-OH is 1. The Bertz CT molecular complexity index is 977. The van der Waals surface area contributed by atoms with Crippen molar-refractivity contribution in [3.63, 3.8) is 0 Å². The molecule has 1 saturated heterocycles. The lowest BCUT2D eigenvalue weighted by molar-refractivity contribution is -0.135. The zero-order valence-corrected chi connectivity index (χ0v) is 16.0. The van der Waals surface area contributed by atoms with Crippen molar-refractivity contribution in [2.24, 2.45) is 0 Å². The smallest absolute Gasteiger partial charge is 0.248 e. The van der Waals surface area contributed by atoms with E-state index in [9.17, 15) is 4.79 Å². The van der Waals surface area contributed by atoms with Crippen molar-refractivity contribution in [3.8, 4) is 16.9 Å². The zero-order valence-electron chi connectivity index (χ0n) is 16.0. The molecule has 1 aromatic heterocycles. The van der Waals surface area contributed by atoms with Crippen LogP contribution < -0.4 is 4.74 Å². The molecule has 1 aliphatic heterocycles. The van der Waals surface area contributed by atoms with E-state index in [-0.39, 0.29) is 12.0 Å². The van der Waals surface area contributed by atoms with Crippen LogP contribution in [0.25, 0.3) is 21.9 Å². The van der Waals surface area contributed by atoms with Gasteiger partial charge in [-0.1, -0.05) is 24.3 Å². The highest BCUT2D eigenvalue weighted by molar-refractivity contribution is 5.88. The summed E-state index contributed by atoms with van der Waals surface area (Å²) in [5, 5.41) is 11.3. The van der Waals surface area contributed by atoms with E-state index in [0.29, 0.717) is 13.1 Å². The monoisotopic (exact) mass is 376 g/mol. The van der Waals surface area contributed by atoms with E-state index in [2.05, 4.69) is 35.3 Å². The summed E-state index contributed by atoms with van der Waals surface area (Å²) < 4.78 is 6.09. The lowest BCUT2D eigenvalue weighted by atomic mass is 10.0. The molecule has 0 radical (unpaired) electrons. The third-order valence-corrected chi connectivity index (χ3v) is 5.38. The molecule has 4 rings (SSSR count). The van der Waals surface area contributed by atoms with Crippen LogP contribution in [0.3, 0.4) is 0 Å². The molecular weight excluding hydrogens is 352 g/mol. The fraction of sp³-hybridized carbons (Fsp3) is 0.304. The van der Waals surface area contributed by atoms with E-state index in [0.717, 1.165) is 29.8 Å². The number of piperidine rings is 1. The number of carbonyl (C=O) groups excluding carboxylic acids is 1. The van der Waals surface area contributed by atoms with Gasteiger partial charge in [0.25, 0.3) is 0 Å². The zero-order chi connectivity index (χ0) is 19.5. The van der Waals surface area contributed by atoms with E-state index < -0.39 is 6.61 Å². The van der Waals surface area contributed by atoms with Gasteiger partial charge in [0.2, 0.25) is 5.91 Å². The first-order valence-corrected chi connectivity index (χ1v) is 9.65. The number of hydrogen-bond donors (Lipinski definition) is 1. The summed E-state index contributed by atoms with van der Waals surface area (Å²) >= 11 is 0. The van der Waals surface area contributed by atoms with Crippen LogP contribution in [0.4, 0.5) is 0 Å². The lowest BCUT2D eigenvalue weighted by Gasteiger charge is -2.31. The Morgan fingerprint density at radius 1 is 1.11 bits per heavy atom. The molecule has 1 N–H and O–H groups in total. The molecule has 5 heteroatoms. The number of rotatable bonds is 4. The van der Waals surface area contributed by atoms with Gasteiger partial charge in [-0.3, -0.25) is 9.78 Å². The van der Waals surface area contributed by atoms with E-state index >= 15 is 0 Å². The quantitative estimate of drug-likeness (QED) is 0.756. The summed E-state index contributed by atoms with van der Waals surface area (Å²) in [6, 6.07) is 16.6. The lowest BCUT2D eigenvalue weighted by Crippen LogP contribution is -2.42. The van der Waals surface area contributed by atoms with E-state index in [1.54, 1.807) is 4.90 Å². The molecule has 0 bridgehead atoms. The second-order valence-corrected chi connectivity index (χ2v) is 7.21. The third-order valence-electron chi connectivity index (χ3n) is 5.38. The molecule has 2 aromatic carbocycles. The maximum Gasteiger partial charge on any atom is 0.248 e. The predicted octanol–water partition coefficient (Wildman–Crippen LogP) is 3.57. The number of ether oxygens (including phenoxy) is 1. The third kappa shape index (κ3) is 3.85. The molecule has 0 saturated carbocycles. The van der Waals surface area contributed by atoms with Crippen molar-refractivity contribution < 1.29 is 14.6 Å². The molecule has 2 heterocycles. The molecule has 1 fully saturated rings. The number of pyridine rings is 1. The number of benzene rings is 2. The number of hydrogen-bond acceptors (Lipinski definition) is 4. The molecule has 0 atom stereocenters. The first-order valence-electron chi connectivity index (χ1n) is 9.65. The predicted molar refractivity (Wildman–Crippen MR) is 109 cm³/mol. The number of nitrogens with zero attached hydrogens (tertiary/aromatic N) is 2. The van der Waals surface area contributed by atoms with Crippen LogP contribution in [0.2, 0.25) is 0 Å². The minimum Gasteiger partial charge on any atom is -0.490 e. The summed E-state index contributed by atoms with van der Waals surface area (Å²) in [6.07, 6.45) is 3.51. The van der Waals surface area contributed by atoms with Crippen molar-refractivity contribution >= 4 is 16.7 Å². The topological polar surface area (TPSA) is 62.7 Å². The fourth-order valence-electron chi connectivity index (χ4n) is 3.75. The number of aliphatic hydroxyl groups is 1. The average molecular weight is 376 g/mol. The Morgan fingerprint density at radius 3 is 2.54 bits per heavy atom. The first-order chi connectivity index (χ1) is 13.6. The molecule has 1 amide bonds. The van der Waals surface area contributed by atoms with Crippen LogP contribution in [0.5, 0.6) is 5.75 Å². The molecule has 0 aliphatic carbocycles. The Hall–Kier alpha value is -2.92. The van der Waals surface area contributed by atoms with Crippen LogP contribution >= 0.6 is 0 Å². The minimum atomic E-state index is -0.419. The van der Waals surface area contributed by atoms with Crippen molar-refractivity contribution in [2.75, 3.05) is 19.7 Å². The van der Waals surface area contributed by atoms with Gasteiger partial charge >= 0.3 is 0 Å². The maximum atomic E-state index is 11.5. The Balaban J connectivity index is 1.43. The van der Waals surface area contributed by atoms with Gasteiger partial charge in [0.05, 0.1) is 0 Å². The summed E-state index contributed by atoms with van der Waals surface area (Å²) in [4.78, 5) is 17.6. The summed E-state index contributed by atoms with van der Waals surface area (Å²) in [6.45, 7) is 2.87. The van der Waals surface area contributed by atoms with Crippen LogP contribution in [0.15, 0.2) is 54.7 Å². The van der Waals surface area contributed by atoms with Crippen LogP contribution in [-0.4, -0.2) is 46.7 Å². The van der Waals surface area contributed by atoms with Crippen LogP contribution in [-0.2, 0) is 4.79 Å². The van der Waals surface area contributed by atoms with Gasteiger partial charge in [-0.2, -0.15) is 0 Å². The molecule has 144 valence electrons. The molecule has 28 heavy (non-hydrogen) atoms. The second kappa shape index (κ2) is 7.98. The highest BCUT2D eigenvalue weighted by Gasteiger charge is 2.23. The number of aryl methyl sites for hydroxylation is 1. The normalized spacial score (nSPS) is 15.0. The van der Waals surface area contributed by atoms with Gasteiger partial charge in [-0.25, -0.2) is 0 Å². The summed E-state index contributed by atoms with van der Waals surface area (Å²) in [5.41, 5.74) is 3.35. The Morgan fingerprint density at radius 2 is 1.82 bits per heavy atom. The highest BCUT2D eigenvalue weighted by Crippen LogP contribution is 2.28. The minimum absolute atomic E-state index is 0.102. The van der Waals surface area contributed by atoms with E-state index in [1.807, 2.05) is 31.3 Å². The Labute approximate surface area is 164 Å². The molecular formula is C23H24N2O3. The number of likely N-dealkylation sites (tertiary alicyclic amines) is 1. The molecule has 1 aliphatic rings. The molecule has 5 nitrogen and oxygen atoms in total. The molecule has 0 unspecified atom stereocenters. The average Bonchev–Trinajstić information content (AvgIpc) is 2.74. The van der Waals surface area contributed by atoms with Gasteiger partial charge in [-0.05, 0) is 47.7 Å². The highest BCUT2D eigenvalue weighted by atomic mass is 16.5. The van der Waals surface area contributed by atoms with E-state index in [4.69, 9.17) is 9.84 Å². The fourth-order valence-corrected chi connectivity index (χ4v) is 3.75. The van der Waals surface area contributed by atoms with Gasteiger partial charge in [0, 0.05) is 43.2 Å². The van der Waals surface area contributed by atoms with Crippen LogP contribution in [0.1, 0.15) is 18.5 Å². The summed E-state index contributed by atoms with van der Waals surface area (Å²) in [7, 11) is 0. The standard InChI is InChI=1S/C23H24N2O3/c1-16-22-7-4-18(14-19(22)8-11-24-16)17-2-5-20(6-3-17)28-21-9-12-25(13-10-21)23(27)15-26/h2-8,11,14,21,26H,9-10,12-13,15H2,1H3. The molecule has 3 aromatic rings. The van der Waals surface area contributed by atoms with Gasteiger partial charge < -0.3 is 14.7 Å². The van der Waals surface area contributed by atoms with Crippen molar-refractivity contribution in [2.45, 2.75) is 25.9 Å². The molecule has 0 spiro atoms. The van der Waals surface area contributed by atoms with Gasteiger partial charge in [-0.15, -0.1) is 0 Å². The largest absolute Gasteiger partial charge is 0.490 e. The Kier molecular flexibility index (Phi) is 5.26.